The molecule has 1 saturated carbocycles. The molecule has 1 heterocycles. The highest BCUT2D eigenvalue weighted by atomic mass is 32.1. The largest absolute Gasteiger partial charge is 0.307 e. The summed E-state index contributed by atoms with van der Waals surface area (Å²) in [6.07, 6.45) is 6.81. The van der Waals surface area contributed by atoms with Crippen molar-refractivity contribution in [2.75, 3.05) is 0 Å². The van der Waals surface area contributed by atoms with Crippen LogP contribution in [0.5, 0.6) is 0 Å². The maximum absolute atomic E-state index is 3.79. The molecule has 106 valence electrons. The third kappa shape index (κ3) is 3.31. The molecule has 0 bridgehead atoms. The molecule has 1 N–H and O–H groups in total. The maximum atomic E-state index is 3.79. The van der Waals surface area contributed by atoms with Gasteiger partial charge < -0.3 is 5.32 Å². The Labute approximate surface area is 126 Å². The van der Waals surface area contributed by atoms with E-state index < -0.39 is 0 Å². The van der Waals surface area contributed by atoms with Crippen molar-refractivity contribution < 1.29 is 0 Å². The molecule has 1 nitrogen and oxygen atoms in total. The molecule has 0 unspecified atom stereocenters. The molecule has 0 saturated heterocycles. The Morgan fingerprint density at radius 1 is 1.00 bits per heavy atom. The summed E-state index contributed by atoms with van der Waals surface area (Å²) in [6, 6.07) is 15.2. The zero-order valence-corrected chi connectivity index (χ0v) is 13.0. The van der Waals surface area contributed by atoms with Gasteiger partial charge in [0.05, 0.1) is 0 Å². The third-order valence-corrected chi connectivity index (χ3v) is 5.50. The van der Waals surface area contributed by atoms with E-state index in [1.165, 1.54) is 47.4 Å². The lowest BCUT2D eigenvalue weighted by Crippen LogP contribution is -2.43. The molecule has 1 fully saturated rings. The molecule has 3 rings (SSSR count). The average molecular weight is 285 g/mol. The molecular weight excluding hydrogens is 262 g/mol. The average Bonchev–Trinajstić information content (AvgIpc) is 2.96. The number of hydrogen-bond donors (Lipinski definition) is 1. The number of benzene rings is 1. The summed E-state index contributed by atoms with van der Waals surface area (Å²) in [5.74, 6) is 0. The monoisotopic (exact) mass is 285 g/mol. The SMILES string of the molecule is CC1(NCc2ccc(-c3ccccc3)s2)CCCCC1. The van der Waals surface area contributed by atoms with Gasteiger partial charge in [-0.3, -0.25) is 0 Å². The maximum Gasteiger partial charge on any atom is 0.0346 e. The molecule has 1 aromatic carbocycles. The van der Waals surface area contributed by atoms with E-state index in [1.54, 1.807) is 0 Å². The van der Waals surface area contributed by atoms with E-state index in [9.17, 15) is 0 Å². The summed E-state index contributed by atoms with van der Waals surface area (Å²) < 4.78 is 0. The van der Waals surface area contributed by atoms with Crippen LogP contribution in [0.2, 0.25) is 0 Å². The van der Waals surface area contributed by atoms with Crippen molar-refractivity contribution in [3.8, 4) is 10.4 Å². The molecule has 0 aliphatic heterocycles. The molecule has 0 radical (unpaired) electrons. The topological polar surface area (TPSA) is 12.0 Å². The number of thiophene rings is 1. The number of rotatable bonds is 4. The summed E-state index contributed by atoms with van der Waals surface area (Å²) >= 11 is 1.91. The van der Waals surface area contributed by atoms with E-state index >= 15 is 0 Å². The van der Waals surface area contributed by atoms with Crippen molar-refractivity contribution >= 4 is 11.3 Å². The highest BCUT2D eigenvalue weighted by molar-refractivity contribution is 7.15. The normalized spacial score (nSPS) is 18.1. The van der Waals surface area contributed by atoms with Gasteiger partial charge in [0.2, 0.25) is 0 Å². The lowest BCUT2D eigenvalue weighted by atomic mass is 9.83. The summed E-state index contributed by atoms with van der Waals surface area (Å²) in [4.78, 5) is 2.81. The fourth-order valence-corrected chi connectivity index (χ4v) is 3.99. The Morgan fingerprint density at radius 2 is 1.75 bits per heavy atom. The van der Waals surface area contributed by atoms with Crippen molar-refractivity contribution in [2.24, 2.45) is 0 Å². The summed E-state index contributed by atoms with van der Waals surface area (Å²) in [7, 11) is 0. The fraction of sp³-hybridized carbons (Fsp3) is 0.444. The van der Waals surface area contributed by atoms with E-state index in [1.807, 2.05) is 11.3 Å². The van der Waals surface area contributed by atoms with Crippen molar-refractivity contribution in [3.63, 3.8) is 0 Å². The Kier molecular flexibility index (Phi) is 4.23. The predicted molar refractivity (Wildman–Crippen MR) is 88.1 cm³/mol. The standard InChI is InChI=1S/C18H23NS/c1-18(12-6-3-7-13-18)19-14-16-10-11-17(20-16)15-8-4-2-5-9-15/h2,4-5,8-11,19H,3,6-7,12-14H2,1H3. The van der Waals surface area contributed by atoms with Crippen molar-refractivity contribution in [3.05, 3.63) is 47.3 Å². The van der Waals surface area contributed by atoms with E-state index in [-0.39, 0.29) is 0 Å². The van der Waals surface area contributed by atoms with Crippen LogP contribution in [0.4, 0.5) is 0 Å². The van der Waals surface area contributed by atoms with Gasteiger partial charge in [-0.2, -0.15) is 0 Å². The van der Waals surface area contributed by atoms with Gasteiger partial charge in [-0.25, -0.2) is 0 Å². The number of hydrogen-bond acceptors (Lipinski definition) is 2. The fourth-order valence-electron chi connectivity index (χ4n) is 3.04. The van der Waals surface area contributed by atoms with Crippen LogP contribution in [0.1, 0.15) is 43.9 Å². The molecular formula is C18H23NS. The van der Waals surface area contributed by atoms with Gasteiger partial charge in [0, 0.05) is 21.8 Å². The van der Waals surface area contributed by atoms with Gasteiger partial charge >= 0.3 is 0 Å². The van der Waals surface area contributed by atoms with Crippen LogP contribution in [0.25, 0.3) is 10.4 Å². The summed E-state index contributed by atoms with van der Waals surface area (Å²) in [5, 5.41) is 3.79. The van der Waals surface area contributed by atoms with Gasteiger partial charge in [-0.05, 0) is 37.5 Å². The van der Waals surface area contributed by atoms with Crippen LogP contribution in [-0.4, -0.2) is 5.54 Å². The van der Waals surface area contributed by atoms with Gasteiger partial charge in [0.1, 0.15) is 0 Å². The smallest absolute Gasteiger partial charge is 0.0346 e. The van der Waals surface area contributed by atoms with Gasteiger partial charge in [-0.1, -0.05) is 49.6 Å². The molecule has 1 aliphatic carbocycles. The first-order chi connectivity index (χ1) is 9.75. The van der Waals surface area contributed by atoms with Crippen molar-refractivity contribution in [1.29, 1.82) is 0 Å². The van der Waals surface area contributed by atoms with Crippen LogP contribution in [-0.2, 0) is 6.54 Å². The first kappa shape index (κ1) is 13.8. The summed E-state index contributed by atoms with van der Waals surface area (Å²) in [6.45, 7) is 3.39. The Hall–Kier alpha value is -1.12. The van der Waals surface area contributed by atoms with Crippen LogP contribution < -0.4 is 5.32 Å². The second-order valence-corrected chi connectivity index (χ2v) is 7.28. The lowest BCUT2D eigenvalue weighted by molar-refractivity contribution is 0.253. The molecule has 0 amide bonds. The van der Waals surface area contributed by atoms with Crippen LogP contribution >= 0.6 is 11.3 Å². The minimum atomic E-state index is 0.356. The molecule has 2 aromatic rings. The second-order valence-electron chi connectivity index (χ2n) is 6.11. The minimum Gasteiger partial charge on any atom is -0.307 e. The molecule has 0 atom stereocenters. The Balaban J connectivity index is 1.63. The molecule has 1 aromatic heterocycles. The minimum absolute atomic E-state index is 0.356. The van der Waals surface area contributed by atoms with Crippen molar-refractivity contribution in [1.82, 2.24) is 5.32 Å². The number of nitrogens with one attached hydrogen (secondary N) is 1. The second kappa shape index (κ2) is 6.11. The quantitative estimate of drug-likeness (QED) is 0.811. The molecule has 2 heteroatoms. The van der Waals surface area contributed by atoms with Crippen LogP contribution in [0.15, 0.2) is 42.5 Å². The molecule has 1 aliphatic rings. The zero-order chi connectivity index (χ0) is 13.8. The highest BCUT2D eigenvalue weighted by Gasteiger charge is 2.25. The van der Waals surface area contributed by atoms with Gasteiger partial charge in [0.15, 0.2) is 0 Å². The van der Waals surface area contributed by atoms with Crippen LogP contribution in [0, 0.1) is 0 Å². The first-order valence-electron chi connectivity index (χ1n) is 7.64. The lowest BCUT2D eigenvalue weighted by Gasteiger charge is -2.34. The Bertz CT molecular complexity index is 538. The third-order valence-electron chi connectivity index (χ3n) is 4.37. The van der Waals surface area contributed by atoms with Crippen molar-refractivity contribution in [2.45, 2.75) is 51.1 Å². The van der Waals surface area contributed by atoms with E-state index in [0.29, 0.717) is 5.54 Å². The van der Waals surface area contributed by atoms with Gasteiger partial charge in [0.25, 0.3) is 0 Å². The first-order valence-corrected chi connectivity index (χ1v) is 8.46. The van der Waals surface area contributed by atoms with E-state index in [2.05, 4.69) is 54.7 Å². The zero-order valence-electron chi connectivity index (χ0n) is 12.2. The molecule has 20 heavy (non-hydrogen) atoms. The van der Waals surface area contributed by atoms with Gasteiger partial charge in [-0.15, -0.1) is 11.3 Å². The predicted octanol–water partition coefficient (Wildman–Crippen LogP) is 5.23. The van der Waals surface area contributed by atoms with Crippen LogP contribution in [0.3, 0.4) is 0 Å². The Morgan fingerprint density at radius 3 is 2.50 bits per heavy atom. The van der Waals surface area contributed by atoms with E-state index in [4.69, 9.17) is 0 Å². The highest BCUT2D eigenvalue weighted by Crippen LogP contribution is 2.30. The van der Waals surface area contributed by atoms with E-state index in [0.717, 1.165) is 6.54 Å². The summed E-state index contributed by atoms with van der Waals surface area (Å²) in [5.41, 5.74) is 1.68. The molecule has 0 spiro atoms.